The Kier molecular flexibility index (Phi) is 6.45. The first kappa shape index (κ1) is 19.4. The molecular weight excluding hydrogens is 340 g/mol. The average molecular weight is 368 g/mol. The molecule has 1 aliphatic carbocycles. The molecule has 0 atom stereocenters. The Hall–Kier alpha value is -2.40. The van der Waals surface area contributed by atoms with Crippen molar-refractivity contribution in [2.24, 2.45) is 0 Å². The van der Waals surface area contributed by atoms with Crippen LogP contribution in [-0.4, -0.2) is 30.7 Å². The van der Waals surface area contributed by atoms with Crippen molar-refractivity contribution in [3.63, 3.8) is 0 Å². The largest absolute Gasteiger partial charge is 0.475 e. The van der Waals surface area contributed by atoms with E-state index in [1.54, 1.807) is 12.3 Å². The number of anilines is 1. The van der Waals surface area contributed by atoms with E-state index >= 15 is 0 Å². The molecule has 0 saturated heterocycles. The van der Waals surface area contributed by atoms with Crippen molar-refractivity contribution in [1.29, 1.82) is 0 Å². The van der Waals surface area contributed by atoms with E-state index in [0.717, 1.165) is 31.2 Å². The summed E-state index contributed by atoms with van der Waals surface area (Å²) in [4.78, 5) is 17.5. The molecule has 3 rings (SSSR count). The van der Waals surface area contributed by atoms with E-state index in [-0.39, 0.29) is 5.91 Å². The fraction of sp³-hybridized carbons (Fsp3) is 0.455. The van der Waals surface area contributed by atoms with Gasteiger partial charge < -0.3 is 14.8 Å². The SMILES string of the molecule is CCOCCOc1ccc(NC(=O)C2(c3cccc(C)c3)CCCC2)cn1. The molecule has 5 nitrogen and oxygen atoms in total. The molecule has 0 radical (unpaired) electrons. The number of rotatable bonds is 8. The lowest BCUT2D eigenvalue weighted by molar-refractivity contribution is -0.121. The van der Waals surface area contributed by atoms with Crippen LogP contribution < -0.4 is 10.1 Å². The summed E-state index contributed by atoms with van der Waals surface area (Å²) in [5.74, 6) is 0.583. The molecular formula is C22H28N2O3. The van der Waals surface area contributed by atoms with E-state index in [0.29, 0.717) is 31.4 Å². The second-order valence-corrected chi connectivity index (χ2v) is 7.04. The minimum atomic E-state index is -0.446. The second-order valence-electron chi connectivity index (χ2n) is 7.04. The van der Waals surface area contributed by atoms with E-state index in [1.807, 2.05) is 19.1 Å². The predicted molar refractivity (Wildman–Crippen MR) is 106 cm³/mol. The van der Waals surface area contributed by atoms with Crippen LogP contribution in [-0.2, 0) is 14.9 Å². The highest BCUT2D eigenvalue weighted by atomic mass is 16.5. The molecule has 5 heteroatoms. The van der Waals surface area contributed by atoms with Crippen molar-refractivity contribution in [3.05, 3.63) is 53.7 Å². The van der Waals surface area contributed by atoms with E-state index in [1.165, 1.54) is 5.56 Å². The quantitative estimate of drug-likeness (QED) is 0.708. The molecule has 1 aliphatic rings. The molecule has 1 aromatic carbocycles. The van der Waals surface area contributed by atoms with Crippen LogP contribution in [0.25, 0.3) is 0 Å². The molecule has 1 fully saturated rings. The second kappa shape index (κ2) is 9.00. The molecule has 0 aliphatic heterocycles. The molecule has 1 saturated carbocycles. The smallest absolute Gasteiger partial charge is 0.235 e. The minimum Gasteiger partial charge on any atom is -0.475 e. The monoisotopic (exact) mass is 368 g/mol. The highest BCUT2D eigenvalue weighted by Crippen LogP contribution is 2.42. The Morgan fingerprint density at radius 2 is 2.00 bits per heavy atom. The number of hydrogen-bond donors (Lipinski definition) is 1. The van der Waals surface area contributed by atoms with Gasteiger partial charge in [0.2, 0.25) is 11.8 Å². The van der Waals surface area contributed by atoms with Crippen molar-refractivity contribution >= 4 is 11.6 Å². The van der Waals surface area contributed by atoms with Crippen molar-refractivity contribution < 1.29 is 14.3 Å². The van der Waals surface area contributed by atoms with Gasteiger partial charge in [-0.25, -0.2) is 4.98 Å². The molecule has 0 unspecified atom stereocenters. The van der Waals surface area contributed by atoms with E-state index in [2.05, 4.69) is 35.4 Å². The predicted octanol–water partition coefficient (Wildman–Crippen LogP) is 4.26. The van der Waals surface area contributed by atoms with Gasteiger partial charge in [0.05, 0.1) is 23.9 Å². The van der Waals surface area contributed by atoms with E-state index in [4.69, 9.17) is 9.47 Å². The first-order valence-corrected chi connectivity index (χ1v) is 9.69. The highest BCUT2D eigenvalue weighted by Gasteiger charge is 2.42. The summed E-state index contributed by atoms with van der Waals surface area (Å²) in [6.45, 7) is 5.69. The Morgan fingerprint density at radius 3 is 2.67 bits per heavy atom. The van der Waals surface area contributed by atoms with E-state index in [9.17, 15) is 4.79 Å². The summed E-state index contributed by atoms with van der Waals surface area (Å²) in [6, 6.07) is 11.9. The van der Waals surface area contributed by atoms with Crippen LogP contribution in [0.1, 0.15) is 43.7 Å². The van der Waals surface area contributed by atoms with Gasteiger partial charge in [-0.3, -0.25) is 4.79 Å². The summed E-state index contributed by atoms with van der Waals surface area (Å²) in [5, 5.41) is 3.06. The standard InChI is InChI=1S/C22H28N2O3/c1-3-26-13-14-27-20-10-9-19(16-23-20)24-21(25)22(11-4-5-12-22)18-8-6-7-17(2)15-18/h6-10,15-16H,3-5,11-14H2,1-2H3,(H,24,25). The number of carbonyl (C=O) groups excluding carboxylic acids is 1. The third kappa shape index (κ3) is 4.66. The third-order valence-electron chi connectivity index (χ3n) is 5.14. The van der Waals surface area contributed by atoms with Crippen molar-refractivity contribution in [1.82, 2.24) is 4.98 Å². The number of ether oxygens (including phenoxy) is 2. The zero-order valence-corrected chi connectivity index (χ0v) is 16.2. The highest BCUT2D eigenvalue weighted by molar-refractivity contribution is 5.99. The maximum Gasteiger partial charge on any atom is 0.235 e. The number of pyridine rings is 1. The van der Waals surface area contributed by atoms with Gasteiger partial charge in [0, 0.05) is 12.7 Å². The number of carbonyl (C=O) groups is 1. The summed E-state index contributed by atoms with van der Waals surface area (Å²) in [6.07, 6.45) is 5.56. The number of nitrogens with zero attached hydrogens (tertiary/aromatic N) is 1. The minimum absolute atomic E-state index is 0.0532. The zero-order valence-electron chi connectivity index (χ0n) is 16.2. The summed E-state index contributed by atoms with van der Waals surface area (Å²) < 4.78 is 10.8. The molecule has 2 aromatic rings. The third-order valence-corrected chi connectivity index (χ3v) is 5.14. The normalized spacial score (nSPS) is 15.5. The van der Waals surface area contributed by atoms with E-state index < -0.39 is 5.41 Å². The Bertz CT molecular complexity index is 752. The van der Waals surface area contributed by atoms with Crippen LogP contribution in [0.4, 0.5) is 5.69 Å². The fourth-order valence-corrected chi connectivity index (χ4v) is 3.71. The number of hydrogen-bond acceptors (Lipinski definition) is 4. The maximum atomic E-state index is 13.2. The number of benzene rings is 1. The first-order chi connectivity index (χ1) is 13.1. The Labute approximate surface area is 161 Å². The Balaban J connectivity index is 1.68. The molecule has 0 bridgehead atoms. The maximum absolute atomic E-state index is 13.2. The van der Waals surface area contributed by atoms with Gasteiger partial charge in [-0.1, -0.05) is 42.7 Å². The van der Waals surface area contributed by atoms with Crippen molar-refractivity contribution in [2.45, 2.75) is 44.9 Å². The van der Waals surface area contributed by atoms with Crippen molar-refractivity contribution in [2.75, 3.05) is 25.1 Å². The van der Waals surface area contributed by atoms with Gasteiger partial charge in [0.1, 0.15) is 6.61 Å². The number of amides is 1. The van der Waals surface area contributed by atoms with Crippen LogP contribution >= 0.6 is 0 Å². The first-order valence-electron chi connectivity index (χ1n) is 9.69. The molecule has 1 N–H and O–H groups in total. The van der Waals surface area contributed by atoms with Crippen LogP contribution in [0, 0.1) is 6.92 Å². The molecule has 1 aromatic heterocycles. The van der Waals surface area contributed by atoms with Crippen LogP contribution in [0.3, 0.4) is 0 Å². The van der Waals surface area contributed by atoms with Crippen LogP contribution in [0.15, 0.2) is 42.6 Å². The van der Waals surface area contributed by atoms with Gasteiger partial charge in [-0.2, -0.15) is 0 Å². The number of aromatic nitrogens is 1. The van der Waals surface area contributed by atoms with Gasteiger partial charge in [0.25, 0.3) is 0 Å². The van der Waals surface area contributed by atoms with Gasteiger partial charge in [-0.05, 0) is 38.3 Å². The summed E-state index contributed by atoms with van der Waals surface area (Å²) >= 11 is 0. The lowest BCUT2D eigenvalue weighted by Gasteiger charge is -2.28. The molecule has 144 valence electrons. The lowest BCUT2D eigenvalue weighted by atomic mass is 9.77. The number of aryl methyl sites for hydroxylation is 1. The molecule has 27 heavy (non-hydrogen) atoms. The van der Waals surface area contributed by atoms with Gasteiger partial charge >= 0.3 is 0 Å². The average Bonchev–Trinajstić information content (AvgIpc) is 3.18. The molecule has 1 amide bonds. The summed E-state index contributed by atoms with van der Waals surface area (Å²) in [5.41, 5.74) is 2.54. The Morgan fingerprint density at radius 1 is 1.19 bits per heavy atom. The lowest BCUT2D eigenvalue weighted by Crippen LogP contribution is -2.38. The van der Waals surface area contributed by atoms with Crippen molar-refractivity contribution in [3.8, 4) is 5.88 Å². The topological polar surface area (TPSA) is 60.5 Å². The number of nitrogens with one attached hydrogen (secondary N) is 1. The zero-order chi connectivity index (χ0) is 19.1. The van der Waals surface area contributed by atoms with Gasteiger partial charge in [-0.15, -0.1) is 0 Å². The molecule has 0 spiro atoms. The van der Waals surface area contributed by atoms with Gasteiger partial charge in [0.15, 0.2) is 0 Å². The molecule has 1 heterocycles. The summed E-state index contributed by atoms with van der Waals surface area (Å²) in [7, 11) is 0. The van der Waals surface area contributed by atoms with Crippen LogP contribution in [0.5, 0.6) is 5.88 Å². The fourth-order valence-electron chi connectivity index (χ4n) is 3.71. The van der Waals surface area contributed by atoms with Crippen LogP contribution in [0.2, 0.25) is 0 Å².